The average molecular weight is 617 g/mol. The van der Waals surface area contributed by atoms with E-state index in [0.717, 1.165) is 42.1 Å². The van der Waals surface area contributed by atoms with Gasteiger partial charge in [-0.25, -0.2) is 4.79 Å². The quantitative estimate of drug-likeness (QED) is 0.161. The Bertz CT molecular complexity index is 1350. The van der Waals surface area contributed by atoms with Crippen molar-refractivity contribution in [2.24, 2.45) is 50.7 Å². The SMILES string of the molecule is COc1ccc(C=CC(=O)OC2CCC34CC35CCC3(C)C(C(C)CCCC(C)C)CCC3(C)C5CC=C4C2(C)C)cc1CO. The van der Waals surface area contributed by atoms with E-state index in [1.807, 2.05) is 18.2 Å². The van der Waals surface area contributed by atoms with Gasteiger partial charge in [0.2, 0.25) is 0 Å². The van der Waals surface area contributed by atoms with Crippen LogP contribution in [0.3, 0.4) is 0 Å². The molecular weight excluding hydrogens is 556 g/mol. The van der Waals surface area contributed by atoms with Crippen molar-refractivity contribution in [3.05, 3.63) is 47.1 Å². The Hall–Kier alpha value is -2.07. The predicted molar refractivity (Wildman–Crippen MR) is 183 cm³/mol. The van der Waals surface area contributed by atoms with Crippen LogP contribution in [0.15, 0.2) is 35.9 Å². The summed E-state index contributed by atoms with van der Waals surface area (Å²) in [6.07, 6.45) is 20.2. The smallest absolute Gasteiger partial charge is 0.331 e. The molecule has 4 nitrogen and oxygen atoms in total. The second kappa shape index (κ2) is 11.6. The van der Waals surface area contributed by atoms with Gasteiger partial charge in [0.25, 0.3) is 0 Å². The fourth-order valence-corrected chi connectivity index (χ4v) is 12.2. The lowest BCUT2D eigenvalue weighted by molar-refractivity contribution is -0.152. The summed E-state index contributed by atoms with van der Waals surface area (Å²) in [4.78, 5) is 13.1. The van der Waals surface area contributed by atoms with E-state index in [1.54, 1.807) is 18.8 Å². The molecule has 1 N–H and O–H groups in total. The number of fused-ring (bicyclic) bond motifs is 2. The van der Waals surface area contributed by atoms with Gasteiger partial charge in [0.15, 0.2) is 0 Å². The van der Waals surface area contributed by atoms with Gasteiger partial charge in [0.1, 0.15) is 11.9 Å². The van der Waals surface area contributed by atoms with E-state index in [2.05, 4.69) is 54.5 Å². The molecule has 8 unspecified atom stereocenters. The van der Waals surface area contributed by atoms with E-state index < -0.39 is 0 Å². The van der Waals surface area contributed by atoms with Crippen LogP contribution in [0.4, 0.5) is 0 Å². The monoisotopic (exact) mass is 616 g/mol. The highest BCUT2D eigenvalue weighted by Gasteiger charge is 2.80. The first-order valence-electron chi connectivity index (χ1n) is 18.2. The van der Waals surface area contributed by atoms with Crippen molar-refractivity contribution in [3.8, 4) is 5.75 Å². The molecule has 1 aromatic rings. The summed E-state index contributed by atoms with van der Waals surface area (Å²) in [6, 6.07) is 5.56. The molecule has 2 spiro atoms. The average Bonchev–Trinajstić information content (AvgIpc) is 3.58. The van der Waals surface area contributed by atoms with Crippen molar-refractivity contribution in [1.82, 2.24) is 0 Å². The Morgan fingerprint density at radius 2 is 1.80 bits per heavy atom. The first-order chi connectivity index (χ1) is 21.3. The largest absolute Gasteiger partial charge is 0.496 e. The summed E-state index contributed by atoms with van der Waals surface area (Å²) in [7, 11) is 1.59. The van der Waals surface area contributed by atoms with Crippen LogP contribution in [0, 0.1) is 50.7 Å². The summed E-state index contributed by atoms with van der Waals surface area (Å²) in [5.74, 6) is 3.64. The molecule has 5 aliphatic carbocycles. The van der Waals surface area contributed by atoms with Crippen LogP contribution in [0.5, 0.6) is 5.75 Å². The number of aliphatic hydroxyl groups is 1. The molecule has 4 heteroatoms. The number of carbonyl (C=O) groups is 1. The molecule has 45 heavy (non-hydrogen) atoms. The van der Waals surface area contributed by atoms with Gasteiger partial charge in [-0.15, -0.1) is 0 Å². The van der Waals surface area contributed by atoms with Crippen molar-refractivity contribution in [2.45, 2.75) is 132 Å². The Morgan fingerprint density at radius 3 is 2.51 bits per heavy atom. The van der Waals surface area contributed by atoms with E-state index in [-0.39, 0.29) is 24.1 Å². The molecule has 0 aromatic heterocycles. The minimum atomic E-state index is -0.286. The van der Waals surface area contributed by atoms with E-state index in [1.165, 1.54) is 63.9 Å². The van der Waals surface area contributed by atoms with Crippen LogP contribution in [0.1, 0.15) is 130 Å². The highest BCUT2D eigenvalue weighted by Crippen LogP contribution is 2.88. The van der Waals surface area contributed by atoms with Gasteiger partial charge in [0.05, 0.1) is 13.7 Å². The molecule has 4 fully saturated rings. The molecule has 4 saturated carbocycles. The molecule has 6 rings (SSSR count). The van der Waals surface area contributed by atoms with Crippen LogP contribution >= 0.6 is 0 Å². The molecule has 1 aromatic carbocycles. The molecule has 0 radical (unpaired) electrons. The third kappa shape index (κ3) is 4.97. The van der Waals surface area contributed by atoms with Crippen LogP contribution in [0.2, 0.25) is 0 Å². The van der Waals surface area contributed by atoms with Crippen LogP contribution < -0.4 is 4.74 Å². The van der Waals surface area contributed by atoms with E-state index in [9.17, 15) is 9.90 Å². The standard InChI is InChI=1S/C41H60O4/c1-27(2)10-9-11-28(3)31-18-20-39(7)34-16-15-33-37(4,5)35(19-21-40(33)26-41(34,40)23-22-38(31,39)6)45-36(43)17-13-29-12-14-32(44-8)30(24-29)25-42/h12-15,17,24,27-28,31,34-35,42H,9-11,16,18-23,25-26H2,1-8H3. The summed E-state index contributed by atoms with van der Waals surface area (Å²) >= 11 is 0. The fraction of sp³-hybridized carbons (Fsp3) is 0.732. The third-order valence-corrected chi connectivity index (χ3v) is 14.7. The van der Waals surface area contributed by atoms with E-state index in [0.29, 0.717) is 33.0 Å². The van der Waals surface area contributed by atoms with Gasteiger partial charge in [-0.1, -0.05) is 85.4 Å². The Labute approximate surface area is 273 Å². The maximum Gasteiger partial charge on any atom is 0.331 e. The van der Waals surface area contributed by atoms with Gasteiger partial charge in [-0.3, -0.25) is 0 Å². The van der Waals surface area contributed by atoms with Crippen molar-refractivity contribution < 1.29 is 19.4 Å². The molecule has 0 amide bonds. The molecule has 5 aliphatic rings. The lowest BCUT2D eigenvalue weighted by Gasteiger charge is -2.61. The zero-order valence-electron chi connectivity index (χ0n) is 29.5. The molecule has 0 aliphatic heterocycles. The van der Waals surface area contributed by atoms with Gasteiger partial charge < -0.3 is 14.6 Å². The normalized spacial score (nSPS) is 38.5. The van der Waals surface area contributed by atoms with Crippen molar-refractivity contribution in [1.29, 1.82) is 0 Å². The van der Waals surface area contributed by atoms with Crippen molar-refractivity contribution in [2.75, 3.05) is 7.11 Å². The number of allylic oxidation sites excluding steroid dienone is 1. The summed E-state index contributed by atoms with van der Waals surface area (Å²) in [6.45, 7) is 17.3. The predicted octanol–water partition coefficient (Wildman–Crippen LogP) is 9.93. The first-order valence-corrected chi connectivity index (χ1v) is 18.2. The maximum atomic E-state index is 13.1. The summed E-state index contributed by atoms with van der Waals surface area (Å²) < 4.78 is 11.5. The highest BCUT2D eigenvalue weighted by atomic mass is 16.5. The Morgan fingerprint density at radius 1 is 1.02 bits per heavy atom. The van der Waals surface area contributed by atoms with Gasteiger partial charge in [-0.2, -0.15) is 0 Å². The number of aliphatic hydroxyl groups excluding tert-OH is 1. The number of esters is 1. The van der Waals surface area contributed by atoms with Crippen molar-refractivity contribution >= 4 is 12.0 Å². The highest BCUT2D eigenvalue weighted by molar-refractivity contribution is 5.87. The molecular formula is C41H60O4. The van der Waals surface area contributed by atoms with Gasteiger partial charge in [-0.05, 0) is 120 Å². The minimum Gasteiger partial charge on any atom is -0.496 e. The Kier molecular flexibility index (Phi) is 8.44. The summed E-state index contributed by atoms with van der Waals surface area (Å²) in [5.41, 5.74) is 4.62. The van der Waals surface area contributed by atoms with Crippen LogP contribution in [0.25, 0.3) is 6.08 Å². The zero-order valence-corrected chi connectivity index (χ0v) is 29.5. The number of carbonyl (C=O) groups excluding carboxylic acids is 1. The maximum absolute atomic E-state index is 13.1. The van der Waals surface area contributed by atoms with Crippen LogP contribution in [-0.4, -0.2) is 24.3 Å². The van der Waals surface area contributed by atoms with Gasteiger partial charge >= 0.3 is 5.97 Å². The van der Waals surface area contributed by atoms with Gasteiger partial charge in [0, 0.05) is 17.1 Å². The van der Waals surface area contributed by atoms with Crippen molar-refractivity contribution in [3.63, 3.8) is 0 Å². The number of hydrogen-bond donors (Lipinski definition) is 1. The molecule has 8 atom stereocenters. The lowest BCUT2D eigenvalue weighted by Crippen LogP contribution is -2.55. The molecule has 0 bridgehead atoms. The van der Waals surface area contributed by atoms with Crippen LogP contribution in [-0.2, 0) is 16.1 Å². The number of ether oxygens (including phenoxy) is 2. The number of hydrogen-bond acceptors (Lipinski definition) is 4. The van der Waals surface area contributed by atoms with E-state index in [4.69, 9.17) is 9.47 Å². The Balaban J connectivity index is 1.17. The molecule has 248 valence electrons. The number of benzene rings is 1. The number of rotatable bonds is 10. The molecule has 0 saturated heterocycles. The third-order valence-electron chi connectivity index (χ3n) is 14.7. The number of methoxy groups -OCH3 is 1. The second-order valence-electron chi connectivity index (χ2n) is 17.4. The zero-order chi connectivity index (χ0) is 32.4. The van der Waals surface area contributed by atoms with E-state index >= 15 is 0 Å². The molecule has 0 heterocycles. The lowest BCUT2D eigenvalue weighted by atomic mass is 9.43. The fourth-order valence-electron chi connectivity index (χ4n) is 12.2. The topological polar surface area (TPSA) is 55.8 Å². The second-order valence-corrected chi connectivity index (χ2v) is 17.4. The minimum absolute atomic E-state index is 0.110. The first kappa shape index (κ1) is 32.9. The summed E-state index contributed by atoms with van der Waals surface area (Å²) in [5, 5.41) is 9.66.